The molecule has 6 heteroatoms. The highest BCUT2D eigenvalue weighted by Crippen LogP contribution is 2.49. The van der Waals surface area contributed by atoms with Crippen molar-refractivity contribution in [3.05, 3.63) is 28.8 Å². The van der Waals surface area contributed by atoms with E-state index >= 15 is 0 Å². The Balaban J connectivity index is 2.58. The molecule has 0 saturated heterocycles. The molecule has 1 aliphatic rings. The molecule has 0 aromatic heterocycles. The van der Waals surface area contributed by atoms with Crippen LogP contribution in [-0.4, -0.2) is 25.7 Å². The quantitative estimate of drug-likeness (QED) is 0.913. The van der Waals surface area contributed by atoms with E-state index in [1.54, 1.807) is 0 Å². The Morgan fingerprint density at radius 1 is 1.35 bits per heavy atom. The monoisotopic (exact) mass is 274 g/mol. The number of aliphatic carboxylic acids is 1. The highest BCUT2D eigenvalue weighted by Gasteiger charge is 2.52. The summed E-state index contributed by atoms with van der Waals surface area (Å²) in [6.07, 6.45) is 2.11. The molecule has 0 atom stereocenters. The Morgan fingerprint density at radius 3 is 2.35 bits per heavy atom. The van der Waals surface area contributed by atoms with Gasteiger partial charge in [-0.2, -0.15) is 0 Å². The lowest BCUT2D eigenvalue weighted by Crippen LogP contribution is -2.19. The lowest BCUT2D eigenvalue weighted by Gasteiger charge is -2.12. The van der Waals surface area contributed by atoms with Crippen LogP contribution in [0.15, 0.2) is 23.1 Å². The molecule has 0 amide bonds. The fourth-order valence-corrected chi connectivity index (χ4v) is 2.79. The molecule has 17 heavy (non-hydrogen) atoms. The van der Waals surface area contributed by atoms with Crippen LogP contribution in [0.1, 0.15) is 18.4 Å². The maximum absolute atomic E-state index is 11.4. The van der Waals surface area contributed by atoms with E-state index in [9.17, 15) is 13.2 Å². The fraction of sp³-hybridized carbons (Fsp3) is 0.364. The number of carbonyl (C=O) groups is 1. The zero-order valence-electron chi connectivity index (χ0n) is 9.10. The maximum Gasteiger partial charge on any atom is 0.314 e. The van der Waals surface area contributed by atoms with Gasteiger partial charge < -0.3 is 5.11 Å². The number of halogens is 1. The average molecular weight is 275 g/mol. The molecule has 1 fully saturated rings. The van der Waals surface area contributed by atoms with Gasteiger partial charge in [0.1, 0.15) is 0 Å². The highest BCUT2D eigenvalue weighted by molar-refractivity contribution is 7.90. The topological polar surface area (TPSA) is 71.4 Å². The predicted octanol–water partition coefficient (Wildman–Crippen LogP) is 1.86. The first kappa shape index (κ1) is 12.4. The van der Waals surface area contributed by atoms with Crippen molar-refractivity contribution in [1.82, 2.24) is 0 Å². The van der Waals surface area contributed by atoms with Gasteiger partial charge in [0.2, 0.25) is 0 Å². The second-order valence-corrected chi connectivity index (χ2v) is 6.79. The first-order valence-electron chi connectivity index (χ1n) is 5.00. The van der Waals surface area contributed by atoms with Crippen LogP contribution >= 0.6 is 11.6 Å². The number of hydrogen-bond donors (Lipinski definition) is 1. The van der Waals surface area contributed by atoms with Gasteiger partial charge in [-0.05, 0) is 36.6 Å². The average Bonchev–Trinajstić information content (AvgIpc) is 2.95. The van der Waals surface area contributed by atoms with Crippen molar-refractivity contribution in [2.24, 2.45) is 0 Å². The molecule has 1 aliphatic carbocycles. The zero-order valence-corrected chi connectivity index (χ0v) is 10.7. The molecule has 0 aliphatic heterocycles. The minimum atomic E-state index is -3.38. The number of carboxylic acid groups (broad SMARTS) is 1. The van der Waals surface area contributed by atoms with E-state index in [1.807, 2.05) is 0 Å². The van der Waals surface area contributed by atoms with E-state index < -0.39 is 21.2 Å². The Labute approximate surface area is 104 Å². The van der Waals surface area contributed by atoms with Gasteiger partial charge in [0, 0.05) is 11.3 Å². The lowest BCUT2D eigenvalue weighted by molar-refractivity contribution is -0.140. The summed E-state index contributed by atoms with van der Waals surface area (Å²) < 4.78 is 22.9. The molecule has 4 nitrogen and oxygen atoms in total. The molecule has 0 radical (unpaired) electrons. The molecule has 1 aromatic carbocycles. The normalized spacial score (nSPS) is 17.8. The number of sulfone groups is 1. The van der Waals surface area contributed by atoms with Crippen molar-refractivity contribution < 1.29 is 18.3 Å². The van der Waals surface area contributed by atoms with E-state index in [0.717, 1.165) is 6.26 Å². The smallest absolute Gasteiger partial charge is 0.314 e. The third-order valence-corrected chi connectivity index (χ3v) is 4.32. The molecule has 2 rings (SSSR count). The Bertz CT molecular complexity index is 587. The molecule has 92 valence electrons. The summed E-state index contributed by atoms with van der Waals surface area (Å²) in [5.74, 6) is -0.931. The van der Waals surface area contributed by atoms with Crippen LogP contribution in [-0.2, 0) is 20.0 Å². The first-order chi connectivity index (χ1) is 7.75. The maximum atomic E-state index is 11.4. The predicted molar refractivity (Wildman–Crippen MR) is 63.1 cm³/mol. The Kier molecular flexibility index (Phi) is 2.71. The summed E-state index contributed by atoms with van der Waals surface area (Å²) >= 11 is 5.84. The first-order valence-corrected chi connectivity index (χ1v) is 7.27. The molecular weight excluding hydrogens is 264 g/mol. The summed E-state index contributed by atoms with van der Waals surface area (Å²) in [4.78, 5) is 11.2. The largest absolute Gasteiger partial charge is 0.481 e. The second kappa shape index (κ2) is 3.71. The molecule has 1 aromatic rings. The van der Waals surface area contributed by atoms with Gasteiger partial charge in [-0.15, -0.1) is 0 Å². The van der Waals surface area contributed by atoms with E-state index in [1.165, 1.54) is 18.2 Å². The molecular formula is C11H11ClO4S. The van der Waals surface area contributed by atoms with Gasteiger partial charge in [-0.1, -0.05) is 11.6 Å². The van der Waals surface area contributed by atoms with Crippen molar-refractivity contribution in [3.63, 3.8) is 0 Å². The van der Waals surface area contributed by atoms with Gasteiger partial charge >= 0.3 is 5.97 Å². The second-order valence-electron chi connectivity index (χ2n) is 4.34. The van der Waals surface area contributed by atoms with E-state index in [-0.39, 0.29) is 9.92 Å². The number of carboxylic acids is 1. The van der Waals surface area contributed by atoms with Gasteiger partial charge in [0.05, 0.1) is 10.3 Å². The summed E-state index contributed by atoms with van der Waals surface area (Å²) in [5, 5.41) is 9.40. The molecule has 0 bridgehead atoms. The van der Waals surface area contributed by atoms with Gasteiger partial charge in [-0.3, -0.25) is 4.79 Å². The van der Waals surface area contributed by atoms with E-state index in [4.69, 9.17) is 16.7 Å². The summed E-state index contributed by atoms with van der Waals surface area (Å²) in [5.41, 5.74) is -0.470. The fourth-order valence-electron chi connectivity index (χ4n) is 1.80. The van der Waals surface area contributed by atoms with Gasteiger partial charge in [0.25, 0.3) is 0 Å². The minimum absolute atomic E-state index is 0.0625. The third kappa shape index (κ3) is 2.17. The molecule has 0 spiro atoms. The molecule has 1 N–H and O–H groups in total. The number of benzene rings is 1. The minimum Gasteiger partial charge on any atom is -0.481 e. The lowest BCUT2D eigenvalue weighted by atomic mass is 9.96. The number of hydrogen-bond acceptors (Lipinski definition) is 3. The third-order valence-electron chi connectivity index (χ3n) is 3.01. The van der Waals surface area contributed by atoms with Crippen LogP contribution in [0.25, 0.3) is 0 Å². The Morgan fingerprint density at radius 2 is 1.94 bits per heavy atom. The van der Waals surface area contributed by atoms with Gasteiger partial charge in [-0.25, -0.2) is 8.42 Å². The summed E-state index contributed by atoms with van der Waals surface area (Å²) in [6.45, 7) is 0. The van der Waals surface area contributed by atoms with Crippen LogP contribution in [0.5, 0.6) is 0 Å². The summed E-state index contributed by atoms with van der Waals surface area (Å²) in [6, 6.07) is 4.26. The zero-order chi connectivity index (χ0) is 12.8. The summed E-state index contributed by atoms with van der Waals surface area (Å²) in [7, 11) is -3.38. The highest BCUT2D eigenvalue weighted by atomic mass is 35.5. The molecule has 1 saturated carbocycles. The SMILES string of the molecule is CS(=O)(=O)c1cc(Cl)cc(C2(C(=O)O)CC2)c1. The van der Waals surface area contributed by atoms with Crippen molar-refractivity contribution >= 4 is 27.4 Å². The van der Waals surface area contributed by atoms with Crippen LogP contribution in [0.2, 0.25) is 5.02 Å². The number of rotatable bonds is 3. The van der Waals surface area contributed by atoms with Crippen molar-refractivity contribution in [1.29, 1.82) is 0 Å². The van der Waals surface area contributed by atoms with Crippen LogP contribution in [0, 0.1) is 0 Å². The standard InChI is InChI=1S/C11H11ClO4S/c1-17(15,16)9-5-7(4-8(12)6-9)11(2-3-11)10(13)14/h4-6H,2-3H2,1H3,(H,13,14). The molecule has 0 heterocycles. The van der Waals surface area contributed by atoms with Gasteiger partial charge in [0.15, 0.2) is 9.84 Å². The molecule has 0 unspecified atom stereocenters. The van der Waals surface area contributed by atoms with Crippen LogP contribution in [0.4, 0.5) is 0 Å². The van der Waals surface area contributed by atoms with Crippen molar-refractivity contribution in [3.8, 4) is 0 Å². The van der Waals surface area contributed by atoms with E-state index in [0.29, 0.717) is 18.4 Å². The van der Waals surface area contributed by atoms with E-state index in [2.05, 4.69) is 0 Å². The Hall–Kier alpha value is -1.07. The van der Waals surface area contributed by atoms with Crippen LogP contribution < -0.4 is 0 Å². The van der Waals surface area contributed by atoms with Crippen LogP contribution in [0.3, 0.4) is 0 Å². The van der Waals surface area contributed by atoms with Crippen molar-refractivity contribution in [2.75, 3.05) is 6.26 Å². The van der Waals surface area contributed by atoms with Crippen molar-refractivity contribution in [2.45, 2.75) is 23.2 Å².